The summed E-state index contributed by atoms with van der Waals surface area (Å²) in [4.78, 5) is 9.83. The molecule has 2 aromatic rings. The van der Waals surface area contributed by atoms with E-state index in [9.17, 15) is 0 Å². The highest BCUT2D eigenvalue weighted by Crippen LogP contribution is 2.27. The Morgan fingerprint density at radius 3 is 2.38 bits per heavy atom. The second kappa shape index (κ2) is 5.49. The molecular weight excluding hydrogens is 258 g/mol. The molecule has 0 spiro atoms. The number of pyridine rings is 1. The van der Waals surface area contributed by atoms with Crippen molar-refractivity contribution < 1.29 is 0 Å². The number of hydrogen-bond acceptors (Lipinski definition) is 3. The summed E-state index contributed by atoms with van der Waals surface area (Å²) in [6.45, 7) is 4.85. The van der Waals surface area contributed by atoms with Crippen molar-refractivity contribution in [2.75, 3.05) is 31.1 Å². The van der Waals surface area contributed by atoms with Gasteiger partial charge in [0.25, 0.3) is 0 Å². The van der Waals surface area contributed by atoms with Crippen molar-refractivity contribution >= 4 is 5.69 Å². The molecule has 3 aliphatic heterocycles. The first-order chi connectivity index (χ1) is 10.4. The third-order valence-electron chi connectivity index (χ3n) is 4.80. The molecule has 0 atom stereocenters. The lowest BCUT2D eigenvalue weighted by atomic mass is 10.0. The molecule has 2 bridgehead atoms. The van der Waals surface area contributed by atoms with Crippen LogP contribution in [0.5, 0.6) is 0 Å². The van der Waals surface area contributed by atoms with Crippen molar-refractivity contribution in [2.24, 2.45) is 0 Å². The van der Waals surface area contributed by atoms with Crippen molar-refractivity contribution in [3.05, 3.63) is 48.7 Å². The van der Waals surface area contributed by atoms with Crippen LogP contribution in [0.15, 0.2) is 48.7 Å². The van der Waals surface area contributed by atoms with Gasteiger partial charge in [-0.3, -0.25) is 4.98 Å². The van der Waals surface area contributed by atoms with Crippen LogP contribution in [0.3, 0.4) is 0 Å². The van der Waals surface area contributed by atoms with Gasteiger partial charge in [-0.2, -0.15) is 0 Å². The zero-order valence-electron chi connectivity index (χ0n) is 12.3. The number of rotatable bonds is 2. The van der Waals surface area contributed by atoms with Gasteiger partial charge >= 0.3 is 0 Å². The van der Waals surface area contributed by atoms with Crippen molar-refractivity contribution in [3.63, 3.8) is 0 Å². The van der Waals surface area contributed by atoms with Gasteiger partial charge in [0.2, 0.25) is 0 Å². The van der Waals surface area contributed by atoms with E-state index >= 15 is 0 Å². The number of hydrogen-bond donors (Lipinski definition) is 0. The first kappa shape index (κ1) is 12.8. The van der Waals surface area contributed by atoms with Crippen LogP contribution in [-0.4, -0.2) is 42.1 Å². The molecule has 0 unspecified atom stereocenters. The maximum Gasteiger partial charge on any atom is 0.0703 e. The van der Waals surface area contributed by atoms with Crippen LogP contribution >= 0.6 is 0 Å². The molecule has 3 fully saturated rings. The summed E-state index contributed by atoms with van der Waals surface area (Å²) < 4.78 is 0. The van der Waals surface area contributed by atoms with Crippen molar-refractivity contribution in [2.45, 2.75) is 18.9 Å². The largest absolute Gasteiger partial charge is 0.366 e. The second-order valence-corrected chi connectivity index (χ2v) is 6.03. The quantitative estimate of drug-likeness (QED) is 0.842. The van der Waals surface area contributed by atoms with Gasteiger partial charge in [-0.05, 0) is 25.0 Å². The molecule has 1 aromatic heterocycles. The van der Waals surface area contributed by atoms with Gasteiger partial charge in [-0.1, -0.05) is 30.3 Å². The van der Waals surface area contributed by atoms with Gasteiger partial charge in [0.15, 0.2) is 0 Å². The Hall–Kier alpha value is -1.87. The lowest BCUT2D eigenvalue weighted by molar-refractivity contribution is 0.250. The summed E-state index contributed by atoms with van der Waals surface area (Å²) in [5.74, 6) is 0. The molecule has 4 heterocycles. The van der Waals surface area contributed by atoms with Crippen LogP contribution in [-0.2, 0) is 0 Å². The lowest BCUT2D eigenvalue weighted by Gasteiger charge is -2.32. The molecule has 0 amide bonds. The molecule has 3 heteroatoms. The van der Waals surface area contributed by atoms with E-state index in [1.807, 2.05) is 6.07 Å². The normalized spacial score (nSPS) is 24.9. The Bertz CT molecular complexity index is 586. The highest BCUT2D eigenvalue weighted by Gasteiger charge is 2.29. The Balaban J connectivity index is 1.59. The van der Waals surface area contributed by atoms with E-state index in [0.717, 1.165) is 12.2 Å². The molecule has 0 radical (unpaired) electrons. The van der Waals surface area contributed by atoms with Gasteiger partial charge in [-0.25, -0.2) is 0 Å². The zero-order chi connectivity index (χ0) is 14.1. The summed E-state index contributed by atoms with van der Waals surface area (Å²) in [6.07, 6.45) is 4.64. The molecule has 5 rings (SSSR count). The van der Waals surface area contributed by atoms with E-state index in [1.165, 1.54) is 43.7 Å². The molecule has 108 valence electrons. The molecule has 0 aliphatic carbocycles. The Labute approximate surface area is 126 Å². The van der Waals surface area contributed by atoms with Gasteiger partial charge in [-0.15, -0.1) is 0 Å². The van der Waals surface area contributed by atoms with E-state index in [-0.39, 0.29) is 0 Å². The number of nitrogens with zero attached hydrogens (tertiary/aromatic N) is 3. The summed E-state index contributed by atoms with van der Waals surface area (Å²) in [7, 11) is 0. The molecule has 3 nitrogen and oxygen atoms in total. The maximum absolute atomic E-state index is 4.68. The predicted octanol–water partition coefficient (Wildman–Crippen LogP) is 3.03. The first-order valence-electron chi connectivity index (χ1n) is 7.91. The minimum Gasteiger partial charge on any atom is -0.366 e. The number of fused-ring (bicyclic) bond motifs is 4. The molecule has 0 N–H and O–H groups in total. The molecule has 3 saturated heterocycles. The van der Waals surface area contributed by atoms with Crippen LogP contribution < -0.4 is 4.90 Å². The minimum atomic E-state index is 0.702. The lowest BCUT2D eigenvalue weighted by Crippen LogP contribution is -2.37. The third-order valence-corrected chi connectivity index (χ3v) is 4.80. The van der Waals surface area contributed by atoms with Gasteiger partial charge in [0.05, 0.1) is 17.6 Å². The van der Waals surface area contributed by atoms with Crippen molar-refractivity contribution in [3.8, 4) is 11.3 Å². The summed E-state index contributed by atoms with van der Waals surface area (Å²) in [5.41, 5.74) is 3.53. The fourth-order valence-corrected chi connectivity index (χ4v) is 3.56. The van der Waals surface area contributed by atoms with Crippen LogP contribution in [0.2, 0.25) is 0 Å². The number of aromatic nitrogens is 1. The van der Waals surface area contributed by atoms with Crippen LogP contribution in [0, 0.1) is 0 Å². The average Bonchev–Trinajstić information content (AvgIpc) is 2.90. The standard InChI is InChI=1S/C18H21N3/c1-2-4-15(5-3-1)18-7-6-17(14-19-18)21-13-12-20-10-8-16(21)9-11-20/h1-7,14,16H,8-13H2. The number of anilines is 1. The van der Waals surface area contributed by atoms with E-state index in [0.29, 0.717) is 6.04 Å². The molecular formula is C18H21N3. The zero-order valence-corrected chi connectivity index (χ0v) is 12.3. The monoisotopic (exact) mass is 279 g/mol. The van der Waals surface area contributed by atoms with Gasteiger partial charge in [0.1, 0.15) is 0 Å². The van der Waals surface area contributed by atoms with E-state index in [1.54, 1.807) is 0 Å². The van der Waals surface area contributed by atoms with Gasteiger partial charge in [0, 0.05) is 37.8 Å². The summed E-state index contributed by atoms with van der Waals surface area (Å²) in [5, 5.41) is 0. The minimum absolute atomic E-state index is 0.702. The highest BCUT2D eigenvalue weighted by atomic mass is 15.3. The van der Waals surface area contributed by atoms with Crippen LogP contribution in [0.25, 0.3) is 11.3 Å². The Morgan fingerprint density at radius 2 is 1.67 bits per heavy atom. The second-order valence-electron chi connectivity index (χ2n) is 6.03. The van der Waals surface area contributed by atoms with E-state index in [2.05, 4.69) is 57.4 Å². The van der Waals surface area contributed by atoms with Crippen molar-refractivity contribution in [1.82, 2.24) is 9.88 Å². The molecule has 0 saturated carbocycles. The fraction of sp³-hybridized carbons (Fsp3) is 0.389. The van der Waals surface area contributed by atoms with Crippen LogP contribution in [0.1, 0.15) is 12.8 Å². The Kier molecular flexibility index (Phi) is 3.36. The molecule has 1 aromatic carbocycles. The number of benzene rings is 1. The fourth-order valence-electron chi connectivity index (χ4n) is 3.56. The van der Waals surface area contributed by atoms with Gasteiger partial charge < -0.3 is 9.80 Å². The first-order valence-corrected chi connectivity index (χ1v) is 7.91. The topological polar surface area (TPSA) is 19.4 Å². The third kappa shape index (κ3) is 2.54. The average molecular weight is 279 g/mol. The van der Waals surface area contributed by atoms with E-state index < -0.39 is 0 Å². The smallest absolute Gasteiger partial charge is 0.0703 e. The highest BCUT2D eigenvalue weighted by molar-refractivity contribution is 5.61. The van der Waals surface area contributed by atoms with Crippen LogP contribution in [0.4, 0.5) is 5.69 Å². The summed E-state index contributed by atoms with van der Waals surface area (Å²) in [6, 6.07) is 15.5. The predicted molar refractivity (Wildman–Crippen MR) is 86.5 cm³/mol. The summed E-state index contributed by atoms with van der Waals surface area (Å²) >= 11 is 0. The molecule has 3 aliphatic rings. The Morgan fingerprint density at radius 1 is 0.857 bits per heavy atom. The SMILES string of the molecule is c1ccc(-c2ccc(N3CCN4CCC3CC4)cn2)cc1. The van der Waals surface area contributed by atoms with E-state index in [4.69, 9.17) is 0 Å². The number of piperidine rings is 1. The van der Waals surface area contributed by atoms with Crippen molar-refractivity contribution in [1.29, 1.82) is 0 Å². The maximum atomic E-state index is 4.68. The molecule has 21 heavy (non-hydrogen) atoms.